The van der Waals surface area contributed by atoms with Crippen molar-refractivity contribution in [3.05, 3.63) is 45.6 Å². The smallest absolute Gasteiger partial charge is 0.378 e. The summed E-state index contributed by atoms with van der Waals surface area (Å²) in [6.45, 7) is 0.817. The van der Waals surface area contributed by atoms with Crippen LogP contribution in [0.25, 0.3) is 6.08 Å². The van der Waals surface area contributed by atoms with Gasteiger partial charge in [-0.15, -0.1) is 0 Å². The van der Waals surface area contributed by atoms with Crippen molar-refractivity contribution >= 4 is 11.8 Å². The van der Waals surface area contributed by atoms with Gasteiger partial charge in [0.1, 0.15) is 5.70 Å². The van der Waals surface area contributed by atoms with Gasteiger partial charge in [0.25, 0.3) is 5.69 Å². The first-order valence-electron chi connectivity index (χ1n) is 6.24. The average molecular weight is 302 g/mol. The van der Waals surface area contributed by atoms with Gasteiger partial charge < -0.3 is 9.64 Å². The van der Waals surface area contributed by atoms with E-state index in [2.05, 4.69) is 0 Å². The zero-order chi connectivity index (χ0) is 15.5. The number of alkyl halides is 3. The largest absolute Gasteiger partial charge is 0.431 e. The molecule has 1 aliphatic heterocycles. The second-order valence-corrected chi connectivity index (χ2v) is 4.48. The van der Waals surface area contributed by atoms with E-state index in [1.54, 1.807) is 0 Å². The Kier molecular flexibility index (Phi) is 4.46. The van der Waals surface area contributed by atoms with Gasteiger partial charge in [0, 0.05) is 25.2 Å². The lowest BCUT2D eigenvalue weighted by Crippen LogP contribution is -2.40. The molecule has 1 heterocycles. The number of hydrogen-bond donors (Lipinski definition) is 0. The molecule has 0 aromatic heterocycles. The molecule has 1 aromatic rings. The third kappa shape index (κ3) is 3.94. The molecular weight excluding hydrogens is 289 g/mol. The monoisotopic (exact) mass is 302 g/mol. The van der Waals surface area contributed by atoms with Gasteiger partial charge >= 0.3 is 6.18 Å². The minimum absolute atomic E-state index is 0.160. The summed E-state index contributed by atoms with van der Waals surface area (Å²) in [4.78, 5) is 11.1. The lowest BCUT2D eigenvalue weighted by molar-refractivity contribution is -0.384. The molecular formula is C13H13F3N2O3. The van der Waals surface area contributed by atoms with Crippen molar-refractivity contribution in [3.8, 4) is 0 Å². The first-order valence-corrected chi connectivity index (χ1v) is 6.24. The van der Waals surface area contributed by atoms with Crippen LogP contribution in [0.1, 0.15) is 5.56 Å². The van der Waals surface area contributed by atoms with Crippen molar-refractivity contribution in [3.63, 3.8) is 0 Å². The zero-order valence-corrected chi connectivity index (χ0v) is 11.0. The first kappa shape index (κ1) is 15.3. The number of hydrogen-bond acceptors (Lipinski definition) is 4. The van der Waals surface area contributed by atoms with E-state index < -0.39 is 16.8 Å². The van der Waals surface area contributed by atoms with Gasteiger partial charge in [-0.1, -0.05) is 0 Å². The lowest BCUT2D eigenvalue weighted by Gasteiger charge is -2.32. The average Bonchev–Trinajstić information content (AvgIpc) is 2.45. The Morgan fingerprint density at radius 3 is 2.29 bits per heavy atom. The Bertz CT molecular complexity index is 535. The van der Waals surface area contributed by atoms with Crippen molar-refractivity contribution < 1.29 is 22.8 Å². The summed E-state index contributed by atoms with van der Waals surface area (Å²) in [5.41, 5.74) is -0.661. The number of nitro benzene ring substituents is 1. The number of allylic oxidation sites excluding steroid dienone is 1. The van der Waals surface area contributed by atoms with Crippen LogP contribution >= 0.6 is 0 Å². The van der Waals surface area contributed by atoms with Gasteiger partial charge in [0.15, 0.2) is 0 Å². The molecule has 1 aromatic carbocycles. The highest BCUT2D eigenvalue weighted by molar-refractivity contribution is 5.55. The van der Waals surface area contributed by atoms with Crippen molar-refractivity contribution in [1.82, 2.24) is 4.90 Å². The molecule has 5 nitrogen and oxygen atoms in total. The predicted molar refractivity (Wildman–Crippen MR) is 69.5 cm³/mol. The van der Waals surface area contributed by atoms with Crippen LogP contribution in [-0.4, -0.2) is 42.3 Å². The van der Waals surface area contributed by atoms with Crippen LogP contribution in [0.3, 0.4) is 0 Å². The lowest BCUT2D eigenvalue weighted by atomic mass is 10.1. The molecule has 0 saturated carbocycles. The van der Waals surface area contributed by atoms with Gasteiger partial charge in [-0.3, -0.25) is 10.1 Å². The number of nitro groups is 1. The van der Waals surface area contributed by atoms with Crippen LogP contribution in [0.5, 0.6) is 0 Å². The Labute approximate surface area is 118 Å². The Balaban J connectivity index is 2.29. The molecule has 0 unspecified atom stereocenters. The molecule has 0 aliphatic carbocycles. The van der Waals surface area contributed by atoms with Crippen molar-refractivity contribution in [2.45, 2.75) is 6.18 Å². The van der Waals surface area contributed by atoms with Gasteiger partial charge in [-0.2, -0.15) is 13.2 Å². The number of ether oxygens (including phenoxy) is 1. The van der Waals surface area contributed by atoms with Gasteiger partial charge in [0.05, 0.1) is 18.1 Å². The van der Waals surface area contributed by atoms with E-state index in [4.69, 9.17) is 4.74 Å². The molecule has 1 fully saturated rings. The zero-order valence-electron chi connectivity index (χ0n) is 11.0. The summed E-state index contributed by atoms with van der Waals surface area (Å²) in [6.07, 6.45) is -3.49. The van der Waals surface area contributed by atoms with Crippen LogP contribution in [0.4, 0.5) is 18.9 Å². The Morgan fingerprint density at radius 1 is 1.24 bits per heavy atom. The second kappa shape index (κ2) is 6.13. The van der Waals surface area contributed by atoms with Gasteiger partial charge in [0.2, 0.25) is 0 Å². The molecule has 0 spiro atoms. The summed E-state index contributed by atoms with van der Waals surface area (Å²) in [5.74, 6) is 0. The molecule has 0 N–H and O–H groups in total. The first-order chi connectivity index (χ1) is 9.88. The van der Waals surface area contributed by atoms with Gasteiger partial charge in [-0.05, 0) is 23.8 Å². The summed E-state index contributed by atoms with van der Waals surface area (Å²) in [5, 5.41) is 10.5. The van der Waals surface area contributed by atoms with Crippen molar-refractivity contribution in [2.24, 2.45) is 0 Å². The standard InChI is InChI=1S/C13H13F3N2O3/c14-13(15,16)12(17-5-7-21-8-6-17)9-10-1-3-11(4-2-10)18(19)20/h1-4,9H,5-8H2/b12-9-. The minimum atomic E-state index is -4.49. The van der Waals surface area contributed by atoms with Crippen molar-refractivity contribution in [1.29, 1.82) is 0 Å². The summed E-state index contributed by atoms with van der Waals surface area (Å²) in [7, 11) is 0. The normalized spacial score (nSPS) is 16.9. The topological polar surface area (TPSA) is 55.6 Å². The van der Waals surface area contributed by atoms with Crippen LogP contribution in [0, 0.1) is 10.1 Å². The summed E-state index contributed by atoms with van der Waals surface area (Å²) < 4.78 is 44.5. The maximum Gasteiger partial charge on any atom is 0.431 e. The fourth-order valence-electron chi connectivity index (χ4n) is 2.01. The highest BCUT2D eigenvalue weighted by Crippen LogP contribution is 2.31. The molecule has 1 aliphatic rings. The van der Waals surface area contributed by atoms with Crippen LogP contribution in [0.2, 0.25) is 0 Å². The maximum atomic E-state index is 13.1. The maximum absolute atomic E-state index is 13.1. The van der Waals surface area contributed by atoms with E-state index in [1.807, 2.05) is 0 Å². The minimum Gasteiger partial charge on any atom is -0.378 e. The highest BCUT2D eigenvalue weighted by Gasteiger charge is 2.38. The van der Waals surface area contributed by atoms with E-state index in [0.29, 0.717) is 0 Å². The van der Waals surface area contributed by atoms with E-state index in [0.717, 1.165) is 6.08 Å². The number of rotatable bonds is 3. The van der Waals surface area contributed by atoms with Crippen LogP contribution < -0.4 is 0 Å². The third-order valence-electron chi connectivity index (χ3n) is 3.05. The third-order valence-corrected chi connectivity index (χ3v) is 3.05. The molecule has 21 heavy (non-hydrogen) atoms. The highest BCUT2D eigenvalue weighted by atomic mass is 19.4. The fourth-order valence-corrected chi connectivity index (χ4v) is 2.01. The quantitative estimate of drug-likeness (QED) is 0.636. The number of halogens is 3. The molecule has 0 amide bonds. The molecule has 114 valence electrons. The Hall–Kier alpha value is -2.09. The predicted octanol–water partition coefficient (Wildman–Crippen LogP) is 2.83. The summed E-state index contributed by atoms with van der Waals surface area (Å²) >= 11 is 0. The number of morpholine rings is 1. The molecule has 2 rings (SSSR count). The van der Waals surface area contributed by atoms with Gasteiger partial charge in [-0.25, -0.2) is 0 Å². The molecule has 0 atom stereocenters. The fraction of sp³-hybridized carbons (Fsp3) is 0.385. The SMILES string of the molecule is O=[N+]([O-])c1ccc(/C=C(\N2CCOCC2)C(F)(F)F)cc1. The van der Waals surface area contributed by atoms with E-state index in [-0.39, 0.29) is 37.6 Å². The molecule has 8 heteroatoms. The molecule has 0 radical (unpaired) electrons. The Morgan fingerprint density at radius 2 is 1.81 bits per heavy atom. The van der Waals surface area contributed by atoms with E-state index in [1.165, 1.54) is 29.2 Å². The van der Waals surface area contributed by atoms with Crippen LogP contribution in [-0.2, 0) is 4.74 Å². The second-order valence-electron chi connectivity index (χ2n) is 4.48. The summed E-state index contributed by atoms with van der Waals surface area (Å²) in [6, 6.07) is 4.95. The van der Waals surface area contributed by atoms with E-state index in [9.17, 15) is 23.3 Å². The van der Waals surface area contributed by atoms with Crippen molar-refractivity contribution in [2.75, 3.05) is 26.3 Å². The number of nitrogens with zero attached hydrogens (tertiary/aromatic N) is 2. The number of non-ortho nitro benzene ring substituents is 1. The van der Waals surface area contributed by atoms with E-state index >= 15 is 0 Å². The molecule has 0 bridgehead atoms. The molecule has 1 saturated heterocycles. The number of benzene rings is 1. The van der Waals surface area contributed by atoms with Crippen LogP contribution in [0.15, 0.2) is 30.0 Å².